The summed E-state index contributed by atoms with van der Waals surface area (Å²) >= 11 is 0. The highest BCUT2D eigenvalue weighted by atomic mass is 32.2. The summed E-state index contributed by atoms with van der Waals surface area (Å²) in [6, 6.07) is 5.94. The van der Waals surface area contributed by atoms with Crippen molar-refractivity contribution in [3.63, 3.8) is 0 Å². The van der Waals surface area contributed by atoms with E-state index < -0.39 is 22.0 Å². The molecule has 2 aliphatic rings. The number of fused-ring (bicyclic) bond motifs is 1. The van der Waals surface area contributed by atoms with Crippen molar-refractivity contribution in [3.05, 3.63) is 53.1 Å². The summed E-state index contributed by atoms with van der Waals surface area (Å²) in [5.41, 5.74) is 3.18. The molecular formula is C20H25NO4S. The van der Waals surface area contributed by atoms with Crippen LogP contribution in [0.15, 0.2) is 52.5 Å². The Bertz CT molecular complexity index is 852. The molecule has 26 heavy (non-hydrogen) atoms. The van der Waals surface area contributed by atoms with Crippen molar-refractivity contribution in [3.8, 4) is 0 Å². The smallest absolute Gasteiger partial charge is 0.324 e. The highest BCUT2D eigenvalue weighted by molar-refractivity contribution is 7.89. The molecule has 0 aromatic heterocycles. The Morgan fingerprint density at radius 3 is 2.50 bits per heavy atom. The molecule has 1 fully saturated rings. The van der Waals surface area contributed by atoms with Gasteiger partial charge in [-0.25, -0.2) is 8.42 Å². The lowest BCUT2D eigenvalue weighted by Gasteiger charge is -2.25. The van der Waals surface area contributed by atoms with Crippen molar-refractivity contribution in [1.29, 1.82) is 0 Å². The van der Waals surface area contributed by atoms with Crippen molar-refractivity contribution < 1.29 is 17.9 Å². The molecule has 1 aromatic carbocycles. The monoisotopic (exact) mass is 375 g/mol. The molecule has 1 saturated heterocycles. The van der Waals surface area contributed by atoms with Crippen molar-refractivity contribution in [2.75, 3.05) is 13.7 Å². The lowest BCUT2D eigenvalue weighted by Crippen LogP contribution is -2.43. The molecule has 1 aliphatic carbocycles. The van der Waals surface area contributed by atoms with Gasteiger partial charge in [0.25, 0.3) is 0 Å². The van der Waals surface area contributed by atoms with Gasteiger partial charge in [-0.1, -0.05) is 41.0 Å². The molecular weight excluding hydrogens is 350 g/mol. The molecule has 0 spiro atoms. The molecule has 0 amide bonds. The first kappa shape index (κ1) is 18.9. The molecule has 0 radical (unpaired) electrons. The fraction of sp³-hybridized carbons (Fsp3) is 0.450. The average Bonchev–Trinajstić information content (AvgIpc) is 2.99. The molecule has 140 valence electrons. The topological polar surface area (TPSA) is 63.7 Å². The molecule has 0 unspecified atom stereocenters. The zero-order valence-corrected chi connectivity index (χ0v) is 16.3. The fourth-order valence-corrected chi connectivity index (χ4v) is 5.42. The molecule has 0 N–H and O–H groups in total. The quantitative estimate of drug-likeness (QED) is 0.601. The van der Waals surface area contributed by atoms with Crippen LogP contribution < -0.4 is 0 Å². The van der Waals surface area contributed by atoms with Crippen LogP contribution in [-0.4, -0.2) is 38.4 Å². The Hall–Kier alpha value is -1.92. The Balaban J connectivity index is 2.07. The first-order valence-corrected chi connectivity index (χ1v) is 10.3. The minimum Gasteiger partial charge on any atom is -0.468 e. The number of hydrogen-bond acceptors (Lipinski definition) is 4. The normalized spacial score (nSPS) is 28.1. The van der Waals surface area contributed by atoms with Gasteiger partial charge in [0.05, 0.1) is 12.0 Å². The van der Waals surface area contributed by atoms with Gasteiger partial charge in [0, 0.05) is 12.5 Å². The first-order chi connectivity index (χ1) is 12.4. The molecule has 0 saturated carbocycles. The van der Waals surface area contributed by atoms with E-state index in [9.17, 15) is 13.2 Å². The molecule has 6 heteroatoms. The number of hydrogen-bond donors (Lipinski definition) is 0. The Morgan fingerprint density at radius 1 is 1.15 bits per heavy atom. The zero-order chi connectivity index (χ0) is 18.9. The number of benzene rings is 1. The molecule has 1 heterocycles. The molecule has 5 nitrogen and oxygen atoms in total. The predicted molar refractivity (Wildman–Crippen MR) is 100 cm³/mol. The van der Waals surface area contributed by atoms with E-state index in [1.165, 1.54) is 11.4 Å². The SMILES string of the molecule is COC(=O)[C@@H]1[C@H]2CC/C=C\C/C(C)=C\2CN1S(=O)(=O)c1ccc(C)cc1. The predicted octanol–water partition coefficient (Wildman–Crippen LogP) is 3.21. The number of ether oxygens (including phenoxy) is 1. The van der Waals surface area contributed by atoms with E-state index in [1.807, 2.05) is 13.8 Å². The van der Waals surface area contributed by atoms with Gasteiger partial charge in [0.1, 0.15) is 6.04 Å². The standard InChI is InChI=1S/C20H25NO4S/c1-14-9-11-16(12-10-14)26(23,24)21-13-18-15(2)7-5-4-6-8-17(18)19(21)20(22)25-3/h4-5,9-12,17,19H,6-8,13H2,1-3H3/b5-4-,18-15-/t17-,19-/m0/s1. The van der Waals surface area contributed by atoms with Gasteiger partial charge in [0.15, 0.2) is 0 Å². The van der Waals surface area contributed by atoms with E-state index in [-0.39, 0.29) is 17.4 Å². The summed E-state index contributed by atoms with van der Waals surface area (Å²) in [6.45, 7) is 4.18. The van der Waals surface area contributed by atoms with Gasteiger partial charge >= 0.3 is 5.97 Å². The third-order valence-corrected chi connectivity index (χ3v) is 7.16. The number of esters is 1. The number of carbonyl (C=O) groups is 1. The number of rotatable bonds is 3. The maximum atomic E-state index is 13.3. The molecule has 1 aliphatic heterocycles. The van der Waals surface area contributed by atoms with Gasteiger partial charge < -0.3 is 4.74 Å². The average molecular weight is 375 g/mol. The summed E-state index contributed by atoms with van der Waals surface area (Å²) in [4.78, 5) is 12.8. The Kier molecular flexibility index (Phi) is 5.34. The minimum absolute atomic E-state index is 0.132. The molecule has 1 aromatic rings. The van der Waals surface area contributed by atoms with E-state index in [4.69, 9.17) is 4.74 Å². The van der Waals surface area contributed by atoms with E-state index >= 15 is 0 Å². The van der Waals surface area contributed by atoms with Crippen LogP contribution in [0.4, 0.5) is 0 Å². The zero-order valence-electron chi connectivity index (χ0n) is 15.4. The second-order valence-corrected chi connectivity index (χ2v) is 8.89. The second kappa shape index (κ2) is 7.37. The van der Waals surface area contributed by atoms with Crippen molar-refractivity contribution in [2.24, 2.45) is 5.92 Å². The minimum atomic E-state index is -3.79. The first-order valence-electron chi connectivity index (χ1n) is 8.86. The lowest BCUT2D eigenvalue weighted by atomic mass is 9.86. The van der Waals surface area contributed by atoms with Crippen LogP contribution in [0.2, 0.25) is 0 Å². The van der Waals surface area contributed by atoms with Gasteiger partial charge in [-0.05, 0) is 45.2 Å². The number of nitrogens with zero attached hydrogens (tertiary/aromatic N) is 1. The van der Waals surface area contributed by atoms with Crippen LogP contribution in [0, 0.1) is 12.8 Å². The van der Waals surface area contributed by atoms with Crippen LogP contribution in [0.25, 0.3) is 0 Å². The van der Waals surface area contributed by atoms with Gasteiger partial charge in [-0.3, -0.25) is 4.79 Å². The van der Waals surface area contributed by atoms with Crippen molar-refractivity contribution in [1.82, 2.24) is 4.31 Å². The van der Waals surface area contributed by atoms with Gasteiger partial charge in [-0.15, -0.1) is 0 Å². The Labute approximate surface area is 155 Å². The van der Waals surface area contributed by atoms with Crippen LogP contribution in [0.1, 0.15) is 31.7 Å². The second-order valence-electron chi connectivity index (χ2n) is 7.00. The number of methoxy groups -OCH3 is 1. The highest BCUT2D eigenvalue weighted by Crippen LogP contribution is 2.40. The summed E-state index contributed by atoms with van der Waals surface area (Å²) < 4.78 is 32.9. The highest BCUT2D eigenvalue weighted by Gasteiger charge is 2.49. The number of sulfonamides is 1. The summed E-state index contributed by atoms with van der Waals surface area (Å²) in [5.74, 6) is -0.620. The third kappa shape index (κ3) is 3.35. The summed E-state index contributed by atoms with van der Waals surface area (Å²) in [7, 11) is -2.47. The van der Waals surface area contributed by atoms with E-state index in [2.05, 4.69) is 12.2 Å². The van der Waals surface area contributed by atoms with Crippen molar-refractivity contribution in [2.45, 2.75) is 44.0 Å². The molecule has 3 rings (SSSR count). The van der Waals surface area contributed by atoms with Crippen LogP contribution in [0.3, 0.4) is 0 Å². The summed E-state index contributed by atoms with van der Waals surface area (Å²) in [5, 5.41) is 0. The van der Waals surface area contributed by atoms with Crippen molar-refractivity contribution >= 4 is 16.0 Å². The van der Waals surface area contributed by atoms with E-state index in [1.54, 1.807) is 24.3 Å². The third-order valence-electron chi connectivity index (χ3n) is 5.32. The fourth-order valence-electron chi connectivity index (χ4n) is 3.83. The van der Waals surface area contributed by atoms with E-state index in [0.29, 0.717) is 0 Å². The lowest BCUT2D eigenvalue weighted by molar-refractivity contribution is -0.145. The summed E-state index contributed by atoms with van der Waals surface area (Å²) in [6.07, 6.45) is 6.57. The van der Waals surface area contributed by atoms with E-state index in [0.717, 1.165) is 36.0 Å². The molecule has 0 bridgehead atoms. The molecule has 2 atom stereocenters. The van der Waals surface area contributed by atoms with Gasteiger partial charge in [-0.2, -0.15) is 4.31 Å². The number of allylic oxidation sites excluding steroid dienone is 3. The maximum absolute atomic E-state index is 13.3. The van der Waals surface area contributed by atoms with Crippen LogP contribution in [-0.2, 0) is 19.6 Å². The Morgan fingerprint density at radius 2 is 1.85 bits per heavy atom. The van der Waals surface area contributed by atoms with Crippen LogP contribution in [0.5, 0.6) is 0 Å². The van der Waals surface area contributed by atoms with Gasteiger partial charge in [0.2, 0.25) is 10.0 Å². The van der Waals surface area contributed by atoms with Crippen LogP contribution >= 0.6 is 0 Å². The number of carbonyl (C=O) groups excluding carboxylic acids is 1. The largest absolute Gasteiger partial charge is 0.468 e. The maximum Gasteiger partial charge on any atom is 0.324 e. The number of aryl methyl sites for hydroxylation is 1.